The molecule has 2 aliphatic heterocycles. The molecule has 2 aromatic rings. The van der Waals surface area contributed by atoms with E-state index in [2.05, 4.69) is 43.0 Å². The summed E-state index contributed by atoms with van der Waals surface area (Å²) in [5.41, 5.74) is 4.20. The minimum absolute atomic E-state index is 0.307. The van der Waals surface area contributed by atoms with Gasteiger partial charge in [0.05, 0.1) is 18.8 Å². The molecular formula is C26H30F2N6O. The highest BCUT2D eigenvalue weighted by atomic mass is 19.1. The van der Waals surface area contributed by atoms with Gasteiger partial charge in [-0.2, -0.15) is 0 Å². The van der Waals surface area contributed by atoms with Crippen molar-refractivity contribution in [1.82, 2.24) is 20.6 Å². The molecule has 1 aromatic carbocycles. The van der Waals surface area contributed by atoms with Gasteiger partial charge in [0.15, 0.2) is 11.6 Å². The van der Waals surface area contributed by atoms with Crippen molar-refractivity contribution in [2.75, 3.05) is 43.5 Å². The van der Waals surface area contributed by atoms with Gasteiger partial charge in [-0.3, -0.25) is 0 Å². The summed E-state index contributed by atoms with van der Waals surface area (Å²) in [5.74, 6) is 0.672. The maximum Gasteiger partial charge on any atom is 0.183 e. The molecule has 184 valence electrons. The first-order valence-corrected chi connectivity index (χ1v) is 11.9. The van der Waals surface area contributed by atoms with Gasteiger partial charge in [0.2, 0.25) is 0 Å². The van der Waals surface area contributed by atoms with Crippen LogP contribution in [0, 0.1) is 0 Å². The van der Waals surface area contributed by atoms with Crippen LogP contribution >= 0.6 is 0 Å². The second-order valence-corrected chi connectivity index (χ2v) is 8.97. The fourth-order valence-corrected chi connectivity index (χ4v) is 4.84. The molecule has 7 nitrogen and oxygen atoms in total. The van der Waals surface area contributed by atoms with Crippen molar-refractivity contribution in [3.8, 4) is 5.75 Å². The molecule has 0 amide bonds. The number of alkyl halides is 1. The number of fused-ring (bicyclic) bond motifs is 1. The number of benzene rings is 1. The Bertz CT molecular complexity index is 1170. The van der Waals surface area contributed by atoms with E-state index >= 15 is 4.39 Å². The van der Waals surface area contributed by atoms with Gasteiger partial charge in [0.1, 0.15) is 18.3 Å². The largest absolute Gasteiger partial charge is 0.491 e. The summed E-state index contributed by atoms with van der Waals surface area (Å²) in [5, 5.41) is 9.65. The Morgan fingerprint density at radius 2 is 1.91 bits per heavy atom. The van der Waals surface area contributed by atoms with Crippen LogP contribution in [0.1, 0.15) is 19.0 Å². The van der Waals surface area contributed by atoms with Gasteiger partial charge in [-0.05, 0) is 61.8 Å². The van der Waals surface area contributed by atoms with Crippen molar-refractivity contribution in [1.29, 1.82) is 0 Å². The number of nitrogens with one attached hydrogen (secondary N) is 3. The van der Waals surface area contributed by atoms with Gasteiger partial charge < -0.3 is 25.6 Å². The van der Waals surface area contributed by atoms with Gasteiger partial charge in [0.25, 0.3) is 0 Å². The third-order valence-corrected chi connectivity index (χ3v) is 6.63. The molecule has 0 radical (unpaired) electrons. The molecule has 35 heavy (non-hydrogen) atoms. The van der Waals surface area contributed by atoms with Crippen LogP contribution in [-0.4, -0.2) is 55.5 Å². The number of aromatic nitrogens is 2. The molecule has 2 atom stereocenters. The lowest BCUT2D eigenvalue weighted by Gasteiger charge is -2.29. The van der Waals surface area contributed by atoms with Crippen molar-refractivity contribution >= 4 is 17.2 Å². The maximum absolute atomic E-state index is 15.0. The predicted molar refractivity (Wildman–Crippen MR) is 134 cm³/mol. The van der Waals surface area contributed by atoms with E-state index in [0.29, 0.717) is 41.2 Å². The van der Waals surface area contributed by atoms with Crippen molar-refractivity contribution in [3.05, 3.63) is 71.1 Å². The first kappa shape index (κ1) is 23.3. The predicted octanol–water partition coefficient (Wildman–Crippen LogP) is 3.95. The number of allylic oxidation sites excluding steroid dienone is 3. The zero-order valence-corrected chi connectivity index (χ0v) is 19.9. The smallest absolute Gasteiger partial charge is 0.183 e. The first-order valence-electron chi connectivity index (χ1n) is 11.9. The highest BCUT2D eigenvalue weighted by Crippen LogP contribution is 2.36. The summed E-state index contributed by atoms with van der Waals surface area (Å²) in [7, 11) is 1.56. The van der Waals surface area contributed by atoms with E-state index in [0.717, 1.165) is 37.6 Å². The number of methoxy groups -OCH3 is 1. The van der Waals surface area contributed by atoms with E-state index in [9.17, 15) is 4.39 Å². The lowest BCUT2D eigenvalue weighted by atomic mass is 9.91. The third-order valence-electron chi connectivity index (χ3n) is 6.63. The number of nitrogens with zero attached hydrogens (tertiary/aromatic N) is 3. The van der Waals surface area contributed by atoms with Gasteiger partial charge >= 0.3 is 0 Å². The minimum atomic E-state index is -1.28. The van der Waals surface area contributed by atoms with E-state index in [1.807, 2.05) is 19.1 Å². The molecule has 1 saturated heterocycles. The van der Waals surface area contributed by atoms with Crippen molar-refractivity contribution in [2.24, 2.45) is 0 Å². The monoisotopic (exact) mass is 480 g/mol. The normalized spacial score (nSPS) is 21.8. The molecule has 3 N–H and O–H groups in total. The number of rotatable bonds is 7. The second kappa shape index (κ2) is 10.0. The summed E-state index contributed by atoms with van der Waals surface area (Å²) in [6, 6.07) is 7.55. The van der Waals surface area contributed by atoms with E-state index in [-0.39, 0.29) is 5.83 Å². The molecule has 1 fully saturated rings. The highest BCUT2D eigenvalue weighted by molar-refractivity contribution is 5.65. The van der Waals surface area contributed by atoms with E-state index < -0.39 is 12.2 Å². The average Bonchev–Trinajstić information content (AvgIpc) is 3.29. The minimum Gasteiger partial charge on any atom is -0.491 e. The quantitative estimate of drug-likeness (QED) is 0.554. The SMILES string of the molecule is COc1c(CCC2=CC(F)[C@@H]3NC(C)=CC3=C2F)ncnc1Nc1ccc(N2CCNCC2)cc1. The Kier molecular flexibility index (Phi) is 6.68. The lowest BCUT2D eigenvalue weighted by molar-refractivity contribution is 0.334. The number of hydrogen-bond acceptors (Lipinski definition) is 7. The molecule has 5 rings (SSSR count). The van der Waals surface area contributed by atoms with Gasteiger partial charge in [-0.1, -0.05) is 0 Å². The number of piperazine rings is 1. The zero-order chi connectivity index (χ0) is 24.4. The summed E-state index contributed by atoms with van der Waals surface area (Å²) in [6.45, 7) is 5.75. The van der Waals surface area contributed by atoms with Crippen LogP contribution in [0.5, 0.6) is 5.75 Å². The number of anilines is 3. The van der Waals surface area contributed by atoms with Gasteiger partial charge in [0, 0.05) is 48.8 Å². The van der Waals surface area contributed by atoms with E-state index in [4.69, 9.17) is 4.74 Å². The van der Waals surface area contributed by atoms with E-state index in [1.165, 1.54) is 18.1 Å². The topological polar surface area (TPSA) is 74.3 Å². The molecule has 1 aromatic heterocycles. The molecule has 0 saturated carbocycles. The summed E-state index contributed by atoms with van der Waals surface area (Å²) in [4.78, 5) is 11.1. The van der Waals surface area contributed by atoms with Crippen molar-refractivity contribution in [2.45, 2.75) is 32.0 Å². The standard InChI is InChI=1S/C26H30F2N6O/c1-16-13-20-23(28)17(14-21(27)24(20)32-16)3-8-22-25(35-2)26(31-15-30-22)33-18-4-6-19(7-5-18)34-11-9-29-10-12-34/h4-7,13-15,21,24,29,32H,3,8-12H2,1-2H3,(H,30,31,33)/t21?,24-/m1/s1. The van der Waals surface area contributed by atoms with Crippen molar-refractivity contribution in [3.63, 3.8) is 0 Å². The first-order chi connectivity index (χ1) is 17.0. The zero-order valence-electron chi connectivity index (χ0n) is 19.9. The average molecular weight is 481 g/mol. The fourth-order valence-electron chi connectivity index (χ4n) is 4.84. The Morgan fingerprint density at radius 3 is 2.66 bits per heavy atom. The van der Waals surface area contributed by atoms with E-state index in [1.54, 1.807) is 13.2 Å². The third kappa shape index (κ3) is 4.86. The van der Waals surface area contributed by atoms with Crippen molar-refractivity contribution < 1.29 is 13.5 Å². The van der Waals surface area contributed by atoms with Crippen LogP contribution in [0.4, 0.5) is 26.0 Å². The molecule has 0 spiro atoms. The van der Waals surface area contributed by atoms with Gasteiger partial charge in [-0.25, -0.2) is 18.7 Å². The summed E-state index contributed by atoms with van der Waals surface area (Å²) in [6.07, 6.45) is 3.93. The van der Waals surface area contributed by atoms with Crippen LogP contribution in [0.25, 0.3) is 0 Å². The van der Waals surface area contributed by atoms with Crippen LogP contribution < -0.4 is 25.6 Å². The molecule has 1 aliphatic carbocycles. The molecule has 0 bridgehead atoms. The molecule has 9 heteroatoms. The molecule has 3 aliphatic rings. The maximum atomic E-state index is 15.0. The Morgan fingerprint density at radius 1 is 1.14 bits per heavy atom. The van der Waals surface area contributed by atoms with Gasteiger partial charge in [-0.15, -0.1) is 0 Å². The molecule has 3 heterocycles. The van der Waals surface area contributed by atoms with Crippen LogP contribution in [0.2, 0.25) is 0 Å². The Balaban J connectivity index is 1.29. The van der Waals surface area contributed by atoms with Crippen LogP contribution in [0.3, 0.4) is 0 Å². The van der Waals surface area contributed by atoms with Crippen LogP contribution in [0.15, 0.2) is 65.4 Å². The second-order valence-electron chi connectivity index (χ2n) is 8.97. The fraction of sp³-hybridized carbons (Fsp3) is 0.385. The summed E-state index contributed by atoms with van der Waals surface area (Å²) < 4.78 is 35.3. The Hall–Kier alpha value is -3.46. The molecular weight excluding hydrogens is 450 g/mol. The molecule has 1 unspecified atom stereocenters. The number of aryl methyl sites for hydroxylation is 1. The highest BCUT2D eigenvalue weighted by Gasteiger charge is 2.34. The Labute approximate surface area is 204 Å². The summed E-state index contributed by atoms with van der Waals surface area (Å²) >= 11 is 0. The number of ether oxygens (including phenoxy) is 1. The number of hydrogen-bond donors (Lipinski definition) is 3. The lowest BCUT2D eigenvalue weighted by Crippen LogP contribution is -2.43. The number of halogens is 2. The van der Waals surface area contributed by atoms with Crippen LogP contribution in [-0.2, 0) is 6.42 Å².